The topological polar surface area (TPSA) is 78.5 Å². The lowest BCUT2D eigenvalue weighted by molar-refractivity contribution is 0.393. The zero-order valence-electron chi connectivity index (χ0n) is 14.2. The fourth-order valence-electron chi connectivity index (χ4n) is 3.30. The summed E-state index contributed by atoms with van der Waals surface area (Å²) in [5, 5.41) is 13.6. The SMILES string of the molecule is C.Cc1nc2c(-c3ccccc3C#N)cc(-c3c(C)noc3C)cc2[nH]1. The average Bonchev–Trinajstić information content (AvgIpc) is 3.15. The van der Waals surface area contributed by atoms with Gasteiger partial charge in [0.2, 0.25) is 0 Å². The van der Waals surface area contributed by atoms with Crippen LogP contribution in [0.4, 0.5) is 0 Å². The van der Waals surface area contributed by atoms with Crippen molar-refractivity contribution in [1.29, 1.82) is 5.26 Å². The van der Waals surface area contributed by atoms with E-state index >= 15 is 0 Å². The molecule has 0 spiro atoms. The molecule has 2 aromatic carbocycles. The van der Waals surface area contributed by atoms with Gasteiger partial charge in [0.1, 0.15) is 11.6 Å². The van der Waals surface area contributed by atoms with Crippen LogP contribution in [-0.4, -0.2) is 15.1 Å². The van der Waals surface area contributed by atoms with Gasteiger partial charge < -0.3 is 9.51 Å². The third-order valence-electron chi connectivity index (χ3n) is 4.36. The molecule has 2 heterocycles. The van der Waals surface area contributed by atoms with Crippen molar-refractivity contribution in [2.75, 3.05) is 0 Å². The first-order valence-corrected chi connectivity index (χ1v) is 8.01. The van der Waals surface area contributed by atoms with Crippen LogP contribution in [-0.2, 0) is 0 Å². The van der Waals surface area contributed by atoms with Crippen LogP contribution in [0.2, 0.25) is 0 Å². The number of aromatic amines is 1. The van der Waals surface area contributed by atoms with Crippen molar-refractivity contribution in [3.05, 3.63) is 59.2 Å². The van der Waals surface area contributed by atoms with E-state index in [-0.39, 0.29) is 7.43 Å². The van der Waals surface area contributed by atoms with Gasteiger partial charge in [0.25, 0.3) is 0 Å². The smallest absolute Gasteiger partial charge is 0.141 e. The molecule has 0 saturated carbocycles. The van der Waals surface area contributed by atoms with Crippen molar-refractivity contribution in [3.8, 4) is 28.3 Å². The van der Waals surface area contributed by atoms with Gasteiger partial charge in [-0.2, -0.15) is 5.26 Å². The van der Waals surface area contributed by atoms with E-state index in [1.54, 1.807) is 0 Å². The van der Waals surface area contributed by atoms with E-state index < -0.39 is 0 Å². The Bertz CT molecular complexity index is 1130. The molecule has 0 saturated heterocycles. The second-order valence-electron chi connectivity index (χ2n) is 6.10. The minimum atomic E-state index is 0. The highest BCUT2D eigenvalue weighted by Crippen LogP contribution is 2.36. The van der Waals surface area contributed by atoms with Gasteiger partial charge in [-0.15, -0.1) is 0 Å². The lowest BCUT2D eigenvalue weighted by atomic mass is 9.94. The first-order chi connectivity index (χ1) is 12.1. The van der Waals surface area contributed by atoms with Crippen LogP contribution in [0.3, 0.4) is 0 Å². The number of nitriles is 1. The summed E-state index contributed by atoms with van der Waals surface area (Å²) in [6, 6.07) is 14.0. The number of aromatic nitrogens is 3. The van der Waals surface area contributed by atoms with Crippen molar-refractivity contribution >= 4 is 11.0 Å². The maximum atomic E-state index is 9.50. The highest BCUT2D eigenvalue weighted by Gasteiger charge is 2.17. The molecule has 0 aliphatic heterocycles. The Balaban J connectivity index is 0.00000196. The van der Waals surface area contributed by atoms with Gasteiger partial charge in [0, 0.05) is 16.7 Å². The molecule has 4 rings (SSSR count). The van der Waals surface area contributed by atoms with Crippen LogP contribution in [0, 0.1) is 32.1 Å². The van der Waals surface area contributed by atoms with Gasteiger partial charge in [-0.1, -0.05) is 30.8 Å². The molecule has 2 aromatic heterocycles. The number of H-pyrrole nitrogens is 1. The van der Waals surface area contributed by atoms with Gasteiger partial charge in [-0.3, -0.25) is 0 Å². The van der Waals surface area contributed by atoms with Crippen molar-refractivity contribution in [2.24, 2.45) is 0 Å². The second kappa shape index (κ2) is 6.49. The van der Waals surface area contributed by atoms with Gasteiger partial charge in [-0.25, -0.2) is 4.98 Å². The Morgan fingerprint density at radius 3 is 2.54 bits per heavy atom. The van der Waals surface area contributed by atoms with Crippen LogP contribution in [0.25, 0.3) is 33.3 Å². The summed E-state index contributed by atoms with van der Waals surface area (Å²) in [6.45, 7) is 5.76. The number of nitrogens with one attached hydrogen (secondary N) is 1. The number of fused-ring (bicyclic) bond motifs is 1. The lowest BCUT2D eigenvalue weighted by Gasteiger charge is -2.09. The first-order valence-electron chi connectivity index (χ1n) is 8.01. The molecule has 1 N–H and O–H groups in total. The summed E-state index contributed by atoms with van der Waals surface area (Å²) in [4.78, 5) is 7.93. The maximum absolute atomic E-state index is 9.50. The van der Waals surface area contributed by atoms with E-state index in [2.05, 4.69) is 33.3 Å². The Hall–Kier alpha value is -3.39. The molecule has 0 aliphatic rings. The van der Waals surface area contributed by atoms with Crippen molar-refractivity contribution < 1.29 is 4.52 Å². The molecule has 26 heavy (non-hydrogen) atoms. The summed E-state index contributed by atoms with van der Waals surface area (Å²) < 4.78 is 5.33. The zero-order chi connectivity index (χ0) is 17.6. The van der Waals surface area contributed by atoms with E-state index in [9.17, 15) is 5.26 Å². The molecule has 5 nitrogen and oxygen atoms in total. The van der Waals surface area contributed by atoms with Gasteiger partial charge in [0.05, 0.1) is 28.4 Å². The van der Waals surface area contributed by atoms with Crippen LogP contribution in [0.5, 0.6) is 0 Å². The minimum Gasteiger partial charge on any atom is -0.361 e. The Labute approximate surface area is 152 Å². The second-order valence-corrected chi connectivity index (χ2v) is 6.10. The third-order valence-corrected chi connectivity index (χ3v) is 4.36. The highest BCUT2D eigenvalue weighted by atomic mass is 16.5. The quantitative estimate of drug-likeness (QED) is 0.534. The third kappa shape index (κ3) is 2.66. The molecule has 0 radical (unpaired) electrons. The molecule has 130 valence electrons. The molecule has 4 aromatic rings. The number of nitrogens with zero attached hydrogens (tertiary/aromatic N) is 3. The lowest BCUT2D eigenvalue weighted by Crippen LogP contribution is -1.89. The van der Waals surface area contributed by atoms with Gasteiger partial charge in [0.15, 0.2) is 0 Å². The standard InChI is InChI=1S/C20H16N4O.CH4/c1-11-19(12(2)25-24-11)15-8-17(16-7-5-4-6-14(16)10-21)20-18(9-15)22-13(3)23-20;/h4-9H,1-3H3,(H,22,23);1H4. The Morgan fingerprint density at radius 1 is 1.08 bits per heavy atom. The van der Waals surface area contributed by atoms with Crippen molar-refractivity contribution in [1.82, 2.24) is 15.1 Å². The van der Waals surface area contributed by atoms with Crippen LogP contribution < -0.4 is 0 Å². The van der Waals surface area contributed by atoms with E-state index in [1.165, 1.54) is 0 Å². The molecular formula is C21H20N4O. The number of rotatable bonds is 2. The van der Waals surface area contributed by atoms with Crippen molar-refractivity contribution in [3.63, 3.8) is 0 Å². The average molecular weight is 344 g/mol. The minimum absolute atomic E-state index is 0. The van der Waals surface area contributed by atoms with Crippen LogP contribution >= 0.6 is 0 Å². The Morgan fingerprint density at radius 2 is 1.85 bits per heavy atom. The van der Waals surface area contributed by atoms with Crippen molar-refractivity contribution in [2.45, 2.75) is 28.2 Å². The maximum Gasteiger partial charge on any atom is 0.141 e. The largest absolute Gasteiger partial charge is 0.361 e. The number of hydrogen-bond acceptors (Lipinski definition) is 4. The number of benzene rings is 2. The van der Waals surface area contributed by atoms with Gasteiger partial charge in [-0.05, 0) is 44.5 Å². The summed E-state index contributed by atoms with van der Waals surface area (Å²) in [5.41, 5.74) is 7.02. The van der Waals surface area contributed by atoms with E-state index in [0.29, 0.717) is 5.56 Å². The predicted molar refractivity (Wildman–Crippen MR) is 103 cm³/mol. The van der Waals surface area contributed by atoms with Gasteiger partial charge >= 0.3 is 0 Å². The van der Waals surface area contributed by atoms with Crippen LogP contribution in [0.15, 0.2) is 40.9 Å². The summed E-state index contributed by atoms with van der Waals surface area (Å²) in [5.74, 6) is 1.61. The number of aryl methyl sites for hydroxylation is 3. The fraction of sp³-hybridized carbons (Fsp3) is 0.190. The first kappa shape index (κ1) is 17.4. The molecular weight excluding hydrogens is 324 g/mol. The molecule has 0 bridgehead atoms. The molecule has 0 unspecified atom stereocenters. The molecule has 0 atom stereocenters. The summed E-state index contributed by atoms with van der Waals surface area (Å²) in [7, 11) is 0. The number of hydrogen-bond donors (Lipinski definition) is 1. The normalized spacial score (nSPS) is 10.5. The fourth-order valence-corrected chi connectivity index (χ4v) is 3.30. The highest BCUT2D eigenvalue weighted by molar-refractivity contribution is 5.97. The zero-order valence-corrected chi connectivity index (χ0v) is 14.2. The molecule has 5 heteroatoms. The summed E-state index contributed by atoms with van der Waals surface area (Å²) in [6.07, 6.45) is 0. The van der Waals surface area contributed by atoms with E-state index in [0.717, 1.165) is 50.6 Å². The Kier molecular flexibility index (Phi) is 4.35. The van der Waals surface area contributed by atoms with Crippen LogP contribution in [0.1, 0.15) is 30.3 Å². The van der Waals surface area contributed by atoms with E-state index in [1.807, 2.05) is 45.0 Å². The van der Waals surface area contributed by atoms with E-state index in [4.69, 9.17) is 4.52 Å². The predicted octanol–water partition coefficient (Wildman–Crippen LogP) is 5.32. The molecule has 0 fully saturated rings. The molecule has 0 aliphatic carbocycles. The molecule has 0 amide bonds. The monoisotopic (exact) mass is 344 g/mol. The number of imidazole rings is 1. The summed E-state index contributed by atoms with van der Waals surface area (Å²) >= 11 is 0.